The lowest BCUT2D eigenvalue weighted by Crippen LogP contribution is -1.77. The van der Waals surface area contributed by atoms with Gasteiger partial charge in [-0.05, 0) is 6.07 Å². The minimum atomic E-state index is 0.389. The Kier molecular flexibility index (Phi) is 1.59. The smallest absolute Gasteiger partial charge is 0.153 e. The second-order valence-corrected chi connectivity index (χ2v) is 2.74. The first-order valence-electron chi connectivity index (χ1n) is 3.39. The number of pyridine rings is 1. The average Bonchev–Trinajstić information content (AvgIpc) is 2.49. The second kappa shape index (κ2) is 2.60. The molecule has 2 aromatic rings. The standard InChI is InChI=1S/C8H5ClN2O/c9-8-7-6(1-2-10-8)5(4-12)3-11-7/h1-4,11H. The summed E-state index contributed by atoms with van der Waals surface area (Å²) in [5.41, 5.74) is 1.32. The molecule has 0 aliphatic heterocycles. The highest BCUT2D eigenvalue weighted by molar-refractivity contribution is 6.34. The van der Waals surface area contributed by atoms with Crippen molar-refractivity contribution in [2.45, 2.75) is 0 Å². The third kappa shape index (κ3) is 0.905. The molecule has 0 aromatic carbocycles. The average molecular weight is 181 g/mol. The Hall–Kier alpha value is -1.35. The van der Waals surface area contributed by atoms with Crippen LogP contribution in [0.4, 0.5) is 0 Å². The normalized spacial score (nSPS) is 10.4. The van der Waals surface area contributed by atoms with E-state index in [1.807, 2.05) is 0 Å². The fraction of sp³-hybridized carbons (Fsp3) is 0. The van der Waals surface area contributed by atoms with E-state index in [4.69, 9.17) is 11.6 Å². The van der Waals surface area contributed by atoms with Gasteiger partial charge in [-0.1, -0.05) is 11.6 Å². The minimum absolute atomic E-state index is 0.389. The summed E-state index contributed by atoms with van der Waals surface area (Å²) in [7, 11) is 0. The SMILES string of the molecule is O=Cc1c[nH]c2c(Cl)nccc12. The summed E-state index contributed by atoms with van der Waals surface area (Å²) in [6.45, 7) is 0. The van der Waals surface area contributed by atoms with Gasteiger partial charge in [-0.2, -0.15) is 0 Å². The predicted octanol–water partition coefficient (Wildman–Crippen LogP) is 2.03. The van der Waals surface area contributed by atoms with Crippen LogP contribution >= 0.6 is 11.6 Å². The van der Waals surface area contributed by atoms with Crippen LogP contribution in [0, 0.1) is 0 Å². The summed E-state index contributed by atoms with van der Waals surface area (Å²) in [5.74, 6) is 0. The first-order valence-corrected chi connectivity index (χ1v) is 3.77. The van der Waals surface area contributed by atoms with Gasteiger partial charge >= 0.3 is 0 Å². The molecule has 4 heteroatoms. The van der Waals surface area contributed by atoms with E-state index in [1.165, 1.54) is 0 Å². The van der Waals surface area contributed by atoms with E-state index >= 15 is 0 Å². The first kappa shape index (κ1) is 7.31. The van der Waals surface area contributed by atoms with Gasteiger partial charge in [-0.3, -0.25) is 4.79 Å². The van der Waals surface area contributed by atoms with Crippen molar-refractivity contribution in [3.05, 3.63) is 29.2 Å². The quantitative estimate of drug-likeness (QED) is 0.539. The number of hydrogen-bond acceptors (Lipinski definition) is 2. The molecule has 12 heavy (non-hydrogen) atoms. The van der Waals surface area contributed by atoms with E-state index in [1.54, 1.807) is 18.5 Å². The number of fused-ring (bicyclic) bond motifs is 1. The molecular formula is C8H5ClN2O. The van der Waals surface area contributed by atoms with E-state index in [2.05, 4.69) is 9.97 Å². The van der Waals surface area contributed by atoms with Crippen molar-refractivity contribution in [2.24, 2.45) is 0 Å². The monoisotopic (exact) mass is 180 g/mol. The summed E-state index contributed by atoms with van der Waals surface area (Å²) >= 11 is 5.77. The van der Waals surface area contributed by atoms with Gasteiger partial charge in [0.25, 0.3) is 0 Å². The molecule has 0 spiro atoms. The van der Waals surface area contributed by atoms with Crippen LogP contribution in [-0.2, 0) is 0 Å². The van der Waals surface area contributed by atoms with Crippen LogP contribution in [-0.4, -0.2) is 16.3 Å². The summed E-state index contributed by atoms with van der Waals surface area (Å²) in [6.07, 6.45) is 3.98. The number of carbonyl (C=O) groups excluding carboxylic acids is 1. The molecule has 0 radical (unpaired) electrons. The molecule has 0 atom stereocenters. The number of aldehydes is 1. The van der Waals surface area contributed by atoms with Gasteiger partial charge in [-0.15, -0.1) is 0 Å². The molecule has 0 aliphatic carbocycles. The number of nitrogens with one attached hydrogen (secondary N) is 1. The Balaban J connectivity index is 2.88. The Bertz CT molecular complexity index is 436. The molecule has 0 fully saturated rings. The number of halogens is 1. The Labute approximate surface area is 73.4 Å². The fourth-order valence-corrected chi connectivity index (χ4v) is 1.35. The molecule has 0 saturated carbocycles. The van der Waals surface area contributed by atoms with Gasteiger partial charge in [0.05, 0.1) is 5.52 Å². The molecule has 2 rings (SSSR count). The van der Waals surface area contributed by atoms with Crippen LogP contribution in [0.2, 0.25) is 5.15 Å². The van der Waals surface area contributed by atoms with Gasteiger partial charge in [-0.25, -0.2) is 4.98 Å². The number of H-pyrrole nitrogens is 1. The maximum atomic E-state index is 10.5. The molecule has 0 amide bonds. The van der Waals surface area contributed by atoms with Crippen LogP contribution < -0.4 is 0 Å². The third-order valence-corrected chi connectivity index (χ3v) is 2.00. The van der Waals surface area contributed by atoms with Gasteiger partial charge in [0.15, 0.2) is 11.4 Å². The molecule has 2 aromatic heterocycles. The molecule has 0 aliphatic rings. The lowest BCUT2D eigenvalue weighted by Gasteiger charge is -1.91. The number of aromatic nitrogens is 2. The van der Waals surface area contributed by atoms with Gasteiger partial charge < -0.3 is 4.98 Å². The maximum absolute atomic E-state index is 10.5. The molecule has 3 nitrogen and oxygen atoms in total. The van der Waals surface area contributed by atoms with Crippen LogP contribution in [0.5, 0.6) is 0 Å². The summed E-state index contributed by atoms with van der Waals surface area (Å²) in [6, 6.07) is 1.75. The Morgan fingerprint density at radius 3 is 3.17 bits per heavy atom. The fourth-order valence-electron chi connectivity index (χ4n) is 1.14. The van der Waals surface area contributed by atoms with E-state index in [0.717, 1.165) is 11.7 Å². The Morgan fingerprint density at radius 1 is 1.58 bits per heavy atom. The molecular weight excluding hydrogens is 176 g/mol. The largest absolute Gasteiger partial charge is 0.358 e. The van der Waals surface area contributed by atoms with Gasteiger partial charge in [0, 0.05) is 23.3 Å². The van der Waals surface area contributed by atoms with Crippen LogP contribution in [0.3, 0.4) is 0 Å². The van der Waals surface area contributed by atoms with Crippen molar-refractivity contribution in [1.29, 1.82) is 0 Å². The molecule has 60 valence electrons. The number of nitrogens with zero attached hydrogens (tertiary/aromatic N) is 1. The second-order valence-electron chi connectivity index (χ2n) is 2.39. The Morgan fingerprint density at radius 2 is 2.42 bits per heavy atom. The third-order valence-electron chi connectivity index (χ3n) is 1.71. The summed E-state index contributed by atoms with van der Waals surface area (Å²) in [4.78, 5) is 17.3. The van der Waals surface area contributed by atoms with Crippen molar-refractivity contribution >= 4 is 28.8 Å². The van der Waals surface area contributed by atoms with Crippen LogP contribution in [0.1, 0.15) is 10.4 Å². The van der Waals surface area contributed by atoms with E-state index in [-0.39, 0.29) is 0 Å². The topological polar surface area (TPSA) is 45.8 Å². The molecule has 0 saturated heterocycles. The first-order chi connectivity index (χ1) is 5.83. The lowest BCUT2D eigenvalue weighted by molar-refractivity contribution is 0.112. The van der Waals surface area contributed by atoms with E-state index < -0.39 is 0 Å². The lowest BCUT2D eigenvalue weighted by atomic mass is 10.2. The summed E-state index contributed by atoms with van der Waals surface area (Å²) < 4.78 is 0. The van der Waals surface area contributed by atoms with Crippen LogP contribution in [0.15, 0.2) is 18.5 Å². The zero-order valence-electron chi connectivity index (χ0n) is 6.04. The molecule has 1 N–H and O–H groups in total. The maximum Gasteiger partial charge on any atom is 0.153 e. The highest BCUT2D eigenvalue weighted by Crippen LogP contribution is 2.21. The molecule has 0 bridgehead atoms. The highest BCUT2D eigenvalue weighted by atomic mass is 35.5. The predicted molar refractivity (Wildman–Crippen MR) is 46.5 cm³/mol. The highest BCUT2D eigenvalue weighted by Gasteiger charge is 2.04. The number of rotatable bonds is 1. The van der Waals surface area contributed by atoms with Crippen molar-refractivity contribution < 1.29 is 4.79 Å². The van der Waals surface area contributed by atoms with E-state index in [9.17, 15) is 4.79 Å². The van der Waals surface area contributed by atoms with Crippen molar-refractivity contribution in [3.8, 4) is 0 Å². The van der Waals surface area contributed by atoms with Crippen molar-refractivity contribution in [2.75, 3.05) is 0 Å². The minimum Gasteiger partial charge on any atom is -0.358 e. The number of carbonyl (C=O) groups is 1. The van der Waals surface area contributed by atoms with E-state index in [0.29, 0.717) is 16.2 Å². The van der Waals surface area contributed by atoms with Crippen molar-refractivity contribution in [3.63, 3.8) is 0 Å². The summed E-state index contributed by atoms with van der Waals surface area (Å²) in [5, 5.41) is 1.20. The van der Waals surface area contributed by atoms with Gasteiger partial charge in [0.1, 0.15) is 0 Å². The zero-order valence-corrected chi connectivity index (χ0v) is 6.80. The number of aromatic amines is 1. The van der Waals surface area contributed by atoms with Gasteiger partial charge in [0.2, 0.25) is 0 Å². The number of hydrogen-bond donors (Lipinski definition) is 1. The van der Waals surface area contributed by atoms with Crippen LogP contribution in [0.25, 0.3) is 10.9 Å². The zero-order chi connectivity index (χ0) is 8.55. The molecule has 2 heterocycles. The molecule has 0 unspecified atom stereocenters. The van der Waals surface area contributed by atoms with Crippen molar-refractivity contribution in [1.82, 2.24) is 9.97 Å².